The topological polar surface area (TPSA) is 100 Å². The van der Waals surface area contributed by atoms with Crippen LogP contribution < -0.4 is 15.4 Å². The van der Waals surface area contributed by atoms with Crippen molar-refractivity contribution in [2.45, 2.75) is 18.7 Å². The number of sulfonamides is 1. The Kier molecular flexibility index (Phi) is 5.60. The van der Waals surface area contributed by atoms with Gasteiger partial charge in [-0.05, 0) is 55.0 Å². The first-order valence-electron chi connectivity index (χ1n) is 8.52. The lowest BCUT2D eigenvalue weighted by atomic mass is 10.2. The number of carbonyl (C=O) groups excluding carboxylic acids is 1. The van der Waals surface area contributed by atoms with Crippen molar-refractivity contribution in [3.63, 3.8) is 0 Å². The van der Waals surface area contributed by atoms with E-state index in [0.717, 1.165) is 11.3 Å². The van der Waals surface area contributed by atoms with E-state index in [9.17, 15) is 13.2 Å². The minimum Gasteiger partial charge on any atom is -0.340 e. The molecule has 0 aliphatic heterocycles. The molecule has 0 bridgehead atoms. The minimum absolute atomic E-state index is 0.152. The van der Waals surface area contributed by atoms with Crippen molar-refractivity contribution in [3.05, 3.63) is 72.4 Å². The van der Waals surface area contributed by atoms with Gasteiger partial charge in [0, 0.05) is 18.3 Å². The third-order valence-corrected chi connectivity index (χ3v) is 5.15. The summed E-state index contributed by atoms with van der Waals surface area (Å²) < 4.78 is 27.5. The number of nitrogens with one attached hydrogen (secondary N) is 3. The van der Waals surface area contributed by atoms with Crippen LogP contribution in [0, 0.1) is 6.92 Å². The van der Waals surface area contributed by atoms with Gasteiger partial charge in [-0.15, -0.1) is 0 Å². The van der Waals surface area contributed by atoms with Crippen molar-refractivity contribution in [1.29, 1.82) is 0 Å². The zero-order chi connectivity index (χ0) is 20.1. The molecule has 0 aliphatic rings. The molecule has 3 aromatic rings. The van der Waals surface area contributed by atoms with Crippen LogP contribution in [-0.4, -0.2) is 19.3 Å². The van der Waals surface area contributed by atoms with Crippen LogP contribution in [0.5, 0.6) is 0 Å². The summed E-state index contributed by atoms with van der Waals surface area (Å²) in [6, 6.07) is 17.2. The fourth-order valence-electron chi connectivity index (χ4n) is 2.55. The molecule has 0 atom stereocenters. The molecule has 1 aromatic heterocycles. The zero-order valence-electron chi connectivity index (χ0n) is 15.4. The van der Waals surface area contributed by atoms with Crippen molar-refractivity contribution >= 4 is 38.8 Å². The lowest BCUT2D eigenvalue weighted by Gasteiger charge is -2.10. The fraction of sp³-hybridized carbons (Fsp3) is 0.100. The molecule has 7 nitrogen and oxygen atoms in total. The molecule has 0 spiro atoms. The summed E-state index contributed by atoms with van der Waals surface area (Å²) in [5.41, 5.74) is 2.63. The molecular formula is C20H20N4O3S. The maximum absolute atomic E-state index is 12.5. The second-order valence-electron chi connectivity index (χ2n) is 6.24. The fourth-order valence-corrected chi connectivity index (χ4v) is 3.70. The molecular weight excluding hydrogens is 376 g/mol. The van der Waals surface area contributed by atoms with E-state index in [1.54, 1.807) is 48.5 Å². The van der Waals surface area contributed by atoms with Crippen LogP contribution in [0.4, 0.5) is 22.9 Å². The predicted octanol–water partition coefficient (Wildman–Crippen LogP) is 3.89. The molecule has 0 saturated carbocycles. The van der Waals surface area contributed by atoms with Gasteiger partial charge in [-0.1, -0.05) is 18.2 Å². The summed E-state index contributed by atoms with van der Waals surface area (Å²) in [6.45, 7) is 3.28. The standard InChI is InChI=1S/C20H20N4O3S/c1-14-5-3-8-19(11-14)28(26,27)24-18-9-10-20(21-13-18)23-17-7-4-6-16(12-17)22-15(2)25/h3-13,24H,1-2H3,(H,21,23)(H,22,25). The number of anilines is 4. The summed E-state index contributed by atoms with van der Waals surface area (Å²) in [6.07, 6.45) is 1.44. The molecule has 2 aromatic carbocycles. The smallest absolute Gasteiger partial charge is 0.261 e. The predicted molar refractivity (Wildman–Crippen MR) is 110 cm³/mol. The third kappa shape index (κ3) is 5.08. The van der Waals surface area contributed by atoms with E-state index >= 15 is 0 Å². The number of aromatic nitrogens is 1. The second kappa shape index (κ2) is 8.10. The van der Waals surface area contributed by atoms with Crippen LogP contribution in [0.3, 0.4) is 0 Å². The third-order valence-electron chi connectivity index (χ3n) is 3.77. The van der Waals surface area contributed by atoms with E-state index in [1.165, 1.54) is 13.1 Å². The van der Waals surface area contributed by atoms with Crippen LogP contribution in [0.15, 0.2) is 71.8 Å². The quantitative estimate of drug-likeness (QED) is 0.587. The van der Waals surface area contributed by atoms with E-state index in [0.29, 0.717) is 17.2 Å². The van der Waals surface area contributed by atoms with E-state index in [2.05, 4.69) is 20.3 Å². The largest absolute Gasteiger partial charge is 0.340 e. The van der Waals surface area contributed by atoms with Gasteiger partial charge in [-0.3, -0.25) is 9.52 Å². The maximum Gasteiger partial charge on any atom is 0.261 e. The van der Waals surface area contributed by atoms with Gasteiger partial charge in [0.15, 0.2) is 0 Å². The van der Waals surface area contributed by atoms with Gasteiger partial charge in [0.2, 0.25) is 5.91 Å². The molecule has 0 unspecified atom stereocenters. The second-order valence-corrected chi connectivity index (χ2v) is 7.92. The number of pyridine rings is 1. The Bertz CT molecular complexity index is 1100. The van der Waals surface area contributed by atoms with Crippen LogP contribution in [0.1, 0.15) is 12.5 Å². The first-order chi connectivity index (χ1) is 13.3. The number of carbonyl (C=O) groups is 1. The SMILES string of the molecule is CC(=O)Nc1cccc(Nc2ccc(NS(=O)(=O)c3cccc(C)c3)cn2)c1. The number of aryl methyl sites for hydroxylation is 1. The first-order valence-corrected chi connectivity index (χ1v) is 10.0. The lowest BCUT2D eigenvalue weighted by molar-refractivity contribution is -0.114. The van der Waals surface area contributed by atoms with Crippen molar-refractivity contribution in [1.82, 2.24) is 4.98 Å². The number of hydrogen-bond acceptors (Lipinski definition) is 5. The monoisotopic (exact) mass is 396 g/mol. The molecule has 1 heterocycles. The molecule has 3 N–H and O–H groups in total. The molecule has 0 radical (unpaired) electrons. The normalized spacial score (nSPS) is 10.9. The van der Waals surface area contributed by atoms with Crippen LogP contribution in [0.25, 0.3) is 0 Å². The number of nitrogens with zero attached hydrogens (tertiary/aromatic N) is 1. The summed E-state index contributed by atoms with van der Waals surface area (Å²) >= 11 is 0. The zero-order valence-corrected chi connectivity index (χ0v) is 16.2. The summed E-state index contributed by atoms with van der Waals surface area (Å²) in [7, 11) is -3.68. The minimum atomic E-state index is -3.68. The van der Waals surface area contributed by atoms with Gasteiger partial charge in [0.1, 0.15) is 5.82 Å². The van der Waals surface area contributed by atoms with Gasteiger partial charge >= 0.3 is 0 Å². The Morgan fingerprint density at radius 3 is 2.36 bits per heavy atom. The number of benzene rings is 2. The van der Waals surface area contributed by atoms with Gasteiger partial charge in [0.05, 0.1) is 16.8 Å². The average molecular weight is 396 g/mol. The average Bonchev–Trinajstić information content (AvgIpc) is 2.63. The molecule has 1 amide bonds. The van der Waals surface area contributed by atoms with Crippen LogP contribution in [-0.2, 0) is 14.8 Å². The van der Waals surface area contributed by atoms with Gasteiger partial charge < -0.3 is 10.6 Å². The maximum atomic E-state index is 12.5. The highest BCUT2D eigenvalue weighted by Gasteiger charge is 2.14. The van der Waals surface area contributed by atoms with Crippen LogP contribution >= 0.6 is 0 Å². The Morgan fingerprint density at radius 2 is 1.68 bits per heavy atom. The highest BCUT2D eigenvalue weighted by Crippen LogP contribution is 2.21. The van der Waals surface area contributed by atoms with Crippen molar-refractivity contribution in [2.24, 2.45) is 0 Å². The molecule has 144 valence electrons. The van der Waals surface area contributed by atoms with Crippen molar-refractivity contribution < 1.29 is 13.2 Å². The summed E-state index contributed by atoms with van der Waals surface area (Å²) in [4.78, 5) is 15.6. The molecule has 8 heteroatoms. The Morgan fingerprint density at radius 1 is 0.929 bits per heavy atom. The molecule has 28 heavy (non-hydrogen) atoms. The Hall–Kier alpha value is -3.39. The Labute approximate surface area is 163 Å². The van der Waals surface area contributed by atoms with Crippen LogP contribution in [0.2, 0.25) is 0 Å². The number of rotatable bonds is 6. The van der Waals surface area contributed by atoms with Crippen molar-refractivity contribution in [2.75, 3.05) is 15.4 Å². The van der Waals surface area contributed by atoms with Gasteiger partial charge in [-0.2, -0.15) is 0 Å². The molecule has 0 fully saturated rings. The van der Waals surface area contributed by atoms with E-state index in [1.807, 2.05) is 19.1 Å². The van der Waals surface area contributed by atoms with Gasteiger partial charge in [0.25, 0.3) is 10.0 Å². The van der Waals surface area contributed by atoms with E-state index in [4.69, 9.17) is 0 Å². The Balaban J connectivity index is 1.71. The summed E-state index contributed by atoms with van der Waals surface area (Å²) in [5.74, 6) is 0.388. The lowest BCUT2D eigenvalue weighted by Crippen LogP contribution is -2.13. The van der Waals surface area contributed by atoms with Crippen molar-refractivity contribution in [3.8, 4) is 0 Å². The summed E-state index contributed by atoms with van der Waals surface area (Å²) in [5, 5.41) is 5.82. The number of amides is 1. The molecule has 3 rings (SSSR count). The molecule has 0 saturated heterocycles. The van der Waals surface area contributed by atoms with Gasteiger partial charge in [-0.25, -0.2) is 13.4 Å². The molecule has 0 aliphatic carbocycles. The van der Waals surface area contributed by atoms with E-state index in [-0.39, 0.29) is 10.8 Å². The number of hydrogen-bond donors (Lipinski definition) is 3. The van der Waals surface area contributed by atoms with E-state index < -0.39 is 10.0 Å². The highest BCUT2D eigenvalue weighted by atomic mass is 32.2. The first kappa shape index (κ1) is 19.4. The highest BCUT2D eigenvalue weighted by molar-refractivity contribution is 7.92.